The van der Waals surface area contributed by atoms with Crippen molar-refractivity contribution in [3.63, 3.8) is 0 Å². The zero-order valence-electron chi connectivity index (χ0n) is 12.7. The molecule has 0 spiro atoms. The van der Waals surface area contributed by atoms with Crippen molar-refractivity contribution >= 4 is 0 Å². The molecule has 3 nitrogen and oxygen atoms in total. The van der Waals surface area contributed by atoms with Crippen molar-refractivity contribution in [1.82, 2.24) is 9.97 Å². The molecule has 0 atom stereocenters. The van der Waals surface area contributed by atoms with Gasteiger partial charge in [-0.2, -0.15) is 0 Å². The third kappa shape index (κ3) is 4.55. The lowest BCUT2D eigenvalue weighted by Gasteiger charge is -2.26. The van der Waals surface area contributed by atoms with Gasteiger partial charge in [-0.1, -0.05) is 26.2 Å². The molecule has 3 heteroatoms. The number of aliphatic hydroxyl groups excluding tert-OH is 1. The second-order valence-corrected chi connectivity index (χ2v) is 6.16. The van der Waals surface area contributed by atoms with E-state index in [-0.39, 0.29) is 0 Å². The first kappa shape index (κ1) is 15.4. The van der Waals surface area contributed by atoms with Crippen LogP contribution in [0, 0.1) is 5.92 Å². The summed E-state index contributed by atoms with van der Waals surface area (Å²) in [4.78, 5) is 9.16. The molecule has 112 valence electrons. The van der Waals surface area contributed by atoms with E-state index in [1.165, 1.54) is 31.2 Å². The molecule has 1 aromatic rings. The Kier molecular flexibility index (Phi) is 6.44. The number of aliphatic hydroxyl groups is 1. The molecular weight excluding hydrogens is 248 g/mol. The number of rotatable bonds is 7. The van der Waals surface area contributed by atoms with E-state index in [9.17, 15) is 5.11 Å². The lowest BCUT2D eigenvalue weighted by Crippen LogP contribution is -2.17. The molecule has 1 aliphatic rings. The Labute approximate surface area is 122 Å². The van der Waals surface area contributed by atoms with E-state index in [0.717, 1.165) is 37.9 Å². The summed E-state index contributed by atoms with van der Waals surface area (Å²) in [6.45, 7) is 2.58. The monoisotopic (exact) mass is 276 g/mol. The highest BCUT2D eigenvalue weighted by Gasteiger charge is 2.23. The summed E-state index contributed by atoms with van der Waals surface area (Å²) in [5.74, 6) is 2.02. The van der Waals surface area contributed by atoms with Gasteiger partial charge in [0.05, 0.1) is 0 Å². The van der Waals surface area contributed by atoms with Crippen LogP contribution in [0.1, 0.15) is 75.6 Å². The molecule has 0 radical (unpaired) electrons. The van der Waals surface area contributed by atoms with Gasteiger partial charge in [-0.15, -0.1) is 0 Å². The van der Waals surface area contributed by atoms with Crippen molar-refractivity contribution in [3.05, 3.63) is 23.8 Å². The van der Waals surface area contributed by atoms with Crippen LogP contribution in [0.4, 0.5) is 0 Å². The lowest BCUT2D eigenvalue weighted by atomic mass is 9.82. The van der Waals surface area contributed by atoms with E-state index in [0.29, 0.717) is 18.4 Å². The first-order valence-corrected chi connectivity index (χ1v) is 8.25. The molecule has 0 aromatic carbocycles. The standard InChI is InChI=1S/C17H28N2O/c1-2-3-4-5-6-15-11-18-17(19-12-15)16-9-7-14(13-20)8-10-16/h11-12,14,16,20H,2-10,13H2,1H3. The molecule has 2 rings (SSSR count). The minimum atomic E-state index is 0.338. The van der Waals surface area contributed by atoms with Gasteiger partial charge in [-0.25, -0.2) is 9.97 Å². The summed E-state index contributed by atoms with van der Waals surface area (Å²) in [6, 6.07) is 0. The Bertz CT molecular complexity index is 369. The molecule has 0 aliphatic heterocycles. The number of hydrogen-bond donors (Lipinski definition) is 1. The van der Waals surface area contributed by atoms with E-state index in [2.05, 4.69) is 16.9 Å². The molecule has 0 saturated heterocycles. The Morgan fingerprint density at radius 1 is 1.05 bits per heavy atom. The fraction of sp³-hybridized carbons (Fsp3) is 0.765. The van der Waals surface area contributed by atoms with Crippen LogP contribution < -0.4 is 0 Å². The number of aryl methyl sites for hydroxylation is 1. The minimum absolute atomic E-state index is 0.338. The van der Waals surface area contributed by atoms with Crippen LogP contribution in [0.5, 0.6) is 0 Å². The fourth-order valence-electron chi connectivity index (χ4n) is 3.06. The van der Waals surface area contributed by atoms with E-state index in [1.807, 2.05) is 12.4 Å². The van der Waals surface area contributed by atoms with Crippen molar-refractivity contribution in [2.75, 3.05) is 6.61 Å². The third-order valence-corrected chi connectivity index (χ3v) is 4.51. The maximum absolute atomic E-state index is 9.17. The van der Waals surface area contributed by atoms with E-state index >= 15 is 0 Å². The van der Waals surface area contributed by atoms with Crippen LogP contribution in [0.25, 0.3) is 0 Å². The maximum Gasteiger partial charge on any atom is 0.131 e. The number of unbranched alkanes of at least 4 members (excludes halogenated alkanes) is 3. The predicted octanol–water partition coefficient (Wildman–Crippen LogP) is 3.87. The highest BCUT2D eigenvalue weighted by molar-refractivity contribution is 5.08. The molecule has 1 N–H and O–H groups in total. The van der Waals surface area contributed by atoms with Gasteiger partial charge in [-0.05, 0) is 50.0 Å². The predicted molar refractivity (Wildman–Crippen MR) is 81.7 cm³/mol. The highest BCUT2D eigenvalue weighted by Crippen LogP contribution is 2.33. The molecule has 0 unspecified atom stereocenters. The van der Waals surface area contributed by atoms with Gasteiger partial charge in [-0.3, -0.25) is 0 Å². The van der Waals surface area contributed by atoms with Crippen molar-refractivity contribution in [1.29, 1.82) is 0 Å². The molecule has 0 amide bonds. The van der Waals surface area contributed by atoms with Crippen molar-refractivity contribution in [2.24, 2.45) is 5.92 Å². The summed E-state index contributed by atoms with van der Waals surface area (Å²) in [7, 11) is 0. The largest absolute Gasteiger partial charge is 0.396 e. The minimum Gasteiger partial charge on any atom is -0.396 e. The molecule has 1 aliphatic carbocycles. The van der Waals surface area contributed by atoms with Gasteiger partial charge in [0.1, 0.15) is 5.82 Å². The lowest BCUT2D eigenvalue weighted by molar-refractivity contribution is 0.181. The molecule has 1 saturated carbocycles. The Hall–Kier alpha value is -0.960. The van der Waals surface area contributed by atoms with Gasteiger partial charge < -0.3 is 5.11 Å². The molecule has 1 aromatic heterocycles. The topological polar surface area (TPSA) is 46.0 Å². The quantitative estimate of drug-likeness (QED) is 0.769. The summed E-state index contributed by atoms with van der Waals surface area (Å²) < 4.78 is 0. The Morgan fingerprint density at radius 3 is 2.35 bits per heavy atom. The average molecular weight is 276 g/mol. The van der Waals surface area contributed by atoms with Gasteiger partial charge >= 0.3 is 0 Å². The molecular formula is C17H28N2O. The van der Waals surface area contributed by atoms with Crippen LogP contribution in [-0.4, -0.2) is 21.7 Å². The molecule has 1 fully saturated rings. The van der Waals surface area contributed by atoms with Crippen LogP contribution in [-0.2, 0) is 6.42 Å². The van der Waals surface area contributed by atoms with Crippen molar-refractivity contribution in [2.45, 2.75) is 70.6 Å². The second-order valence-electron chi connectivity index (χ2n) is 6.16. The van der Waals surface area contributed by atoms with E-state index in [1.54, 1.807) is 0 Å². The summed E-state index contributed by atoms with van der Waals surface area (Å²) >= 11 is 0. The smallest absolute Gasteiger partial charge is 0.131 e. The van der Waals surface area contributed by atoms with E-state index < -0.39 is 0 Å². The first-order chi connectivity index (χ1) is 9.83. The summed E-state index contributed by atoms with van der Waals surface area (Å²) in [5, 5.41) is 9.17. The maximum atomic E-state index is 9.17. The van der Waals surface area contributed by atoms with Crippen LogP contribution in [0.3, 0.4) is 0 Å². The van der Waals surface area contributed by atoms with E-state index in [4.69, 9.17) is 0 Å². The Morgan fingerprint density at radius 2 is 1.75 bits per heavy atom. The third-order valence-electron chi connectivity index (χ3n) is 4.51. The zero-order valence-corrected chi connectivity index (χ0v) is 12.7. The van der Waals surface area contributed by atoms with Crippen LogP contribution in [0.2, 0.25) is 0 Å². The summed E-state index contributed by atoms with van der Waals surface area (Å²) in [5.41, 5.74) is 1.27. The number of aromatic nitrogens is 2. The van der Waals surface area contributed by atoms with Gasteiger partial charge in [0.2, 0.25) is 0 Å². The second kappa shape index (κ2) is 8.35. The van der Waals surface area contributed by atoms with Crippen molar-refractivity contribution in [3.8, 4) is 0 Å². The fourth-order valence-corrected chi connectivity index (χ4v) is 3.06. The van der Waals surface area contributed by atoms with Crippen LogP contribution in [0.15, 0.2) is 12.4 Å². The number of hydrogen-bond acceptors (Lipinski definition) is 3. The Balaban J connectivity index is 1.79. The SMILES string of the molecule is CCCCCCc1cnc(C2CCC(CO)CC2)nc1. The van der Waals surface area contributed by atoms with Crippen molar-refractivity contribution < 1.29 is 5.11 Å². The zero-order chi connectivity index (χ0) is 14.2. The molecule has 20 heavy (non-hydrogen) atoms. The molecule has 0 bridgehead atoms. The average Bonchev–Trinajstić information content (AvgIpc) is 2.52. The highest BCUT2D eigenvalue weighted by atomic mass is 16.3. The summed E-state index contributed by atoms with van der Waals surface area (Å²) in [6.07, 6.45) is 14.8. The first-order valence-electron chi connectivity index (χ1n) is 8.25. The number of nitrogens with zero attached hydrogens (tertiary/aromatic N) is 2. The van der Waals surface area contributed by atoms with Gasteiger partial charge in [0.15, 0.2) is 0 Å². The van der Waals surface area contributed by atoms with Crippen LogP contribution >= 0.6 is 0 Å². The molecule has 1 heterocycles. The normalized spacial score (nSPS) is 22.9. The van der Waals surface area contributed by atoms with Gasteiger partial charge in [0.25, 0.3) is 0 Å². The van der Waals surface area contributed by atoms with Gasteiger partial charge in [0, 0.05) is 24.9 Å².